The van der Waals surface area contributed by atoms with Crippen molar-refractivity contribution < 1.29 is 14.4 Å². The summed E-state index contributed by atoms with van der Waals surface area (Å²) in [5, 5.41) is 0. The first-order valence-electron chi connectivity index (χ1n) is 7.75. The van der Waals surface area contributed by atoms with Gasteiger partial charge in [-0.05, 0) is 19.3 Å². The van der Waals surface area contributed by atoms with Gasteiger partial charge in [-0.3, -0.25) is 14.4 Å². The SMILES string of the molecule is CC(=O)c1c2c(n(C)c1CC(C)C)C(=O)c1ccccc1C2=O. The van der Waals surface area contributed by atoms with E-state index in [1.54, 1.807) is 35.9 Å². The molecule has 0 aliphatic heterocycles. The average molecular weight is 309 g/mol. The molecule has 1 aromatic carbocycles. The van der Waals surface area contributed by atoms with Crippen LogP contribution in [0.15, 0.2) is 24.3 Å². The largest absolute Gasteiger partial charge is 0.344 e. The van der Waals surface area contributed by atoms with Crippen molar-refractivity contribution in [3.05, 3.63) is 57.9 Å². The number of rotatable bonds is 3. The van der Waals surface area contributed by atoms with Crippen molar-refractivity contribution in [3.63, 3.8) is 0 Å². The number of Topliss-reactive ketones (excluding diaryl/α,β-unsaturated/α-hetero) is 1. The second-order valence-electron chi connectivity index (χ2n) is 6.46. The van der Waals surface area contributed by atoms with Crippen LogP contribution in [0.2, 0.25) is 0 Å². The highest BCUT2D eigenvalue weighted by atomic mass is 16.1. The highest BCUT2D eigenvalue weighted by molar-refractivity contribution is 6.30. The summed E-state index contributed by atoms with van der Waals surface area (Å²) in [5.41, 5.74) is 2.59. The number of nitrogens with zero attached hydrogens (tertiary/aromatic N) is 1. The number of benzene rings is 1. The van der Waals surface area contributed by atoms with Crippen LogP contribution in [-0.2, 0) is 13.5 Å². The van der Waals surface area contributed by atoms with Crippen molar-refractivity contribution in [2.75, 3.05) is 0 Å². The molecule has 2 aromatic rings. The maximum Gasteiger partial charge on any atom is 0.210 e. The molecule has 0 fully saturated rings. The lowest BCUT2D eigenvalue weighted by molar-refractivity contribution is 0.0966. The molecule has 1 heterocycles. The number of carbonyl (C=O) groups is 3. The van der Waals surface area contributed by atoms with E-state index >= 15 is 0 Å². The fraction of sp³-hybridized carbons (Fsp3) is 0.316. The molecular formula is C19H19NO3. The van der Waals surface area contributed by atoms with E-state index in [-0.39, 0.29) is 22.9 Å². The summed E-state index contributed by atoms with van der Waals surface area (Å²) in [4.78, 5) is 38.0. The van der Waals surface area contributed by atoms with Crippen molar-refractivity contribution in [1.29, 1.82) is 0 Å². The smallest absolute Gasteiger partial charge is 0.210 e. The Kier molecular flexibility index (Phi) is 3.55. The zero-order valence-electron chi connectivity index (χ0n) is 13.8. The predicted molar refractivity (Wildman–Crippen MR) is 87.3 cm³/mol. The Morgan fingerprint density at radius 3 is 2.17 bits per heavy atom. The molecule has 0 saturated heterocycles. The van der Waals surface area contributed by atoms with E-state index in [4.69, 9.17) is 0 Å². The molecule has 0 bridgehead atoms. The van der Waals surface area contributed by atoms with Crippen LogP contribution in [0.4, 0.5) is 0 Å². The van der Waals surface area contributed by atoms with E-state index in [2.05, 4.69) is 0 Å². The Hall–Kier alpha value is -2.49. The van der Waals surface area contributed by atoms with Crippen molar-refractivity contribution in [2.45, 2.75) is 27.2 Å². The van der Waals surface area contributed by atoms with Gasteiger partial charge in [0.05, 0.1) is 11.1 Å². The van der Waals surface area contributed by atoms with Gasteiger partial charge in [0.2, 0.25) is 5.78 Å². The molecular weight excluding hydrogens is 290 g/mol. The molecule has 3 rings (SSSR count). The molecule has 0 N–H and O–H groups in total. The molecule has 23 heavy (non-hydrogen) atoms. The van der Waals surface area contributed by atoms with Crippen molar-refractivity contribution in [3.8, 4) is 0 Å². The summed E-state index contributed by atoms with van der Waals surface area (Å²) in [6, 6.07) is 6.80. The number of ketones is 3. The van der Waals surface area contributed by atoms with Gasteiger partial charge in [0.25, 0.3) is 0 Å². The first kappa shape index (κ1) is 15.4. The Morgan fingerprint density at radius 1 is 1.09 bits per heavy atom. The van der Waals surface area contributed by atoms with Crippen LogP contribution >= 0.6 is 0 Å². The minimum absolute atomic E-state index is 0.168. The maximum absolute atomic E-state index is 12.9. The van der Waals surface area contributed by atoms with Gasteiger partial charge in [-0.2, -0.15) is 0 Å². The fourth-order valence-corrected chi connectivity index (χ4v) is 3.37. The third-order valence-electron chi connectivity index (χ3n) is 4.33. The quantitative estimate of drug-likeness (QED) is 0.698. The highest BCUT2D eigenvalue weighted by Gasteiger charge is 2.37. The monoisotopic (exact) mass is 309 g/mol. The van der Waals surface area contributed by atoms with Crippen molar-refractivity contribution in [1.82, 2.24) is 4.57 Å². The van der Waals surface area contributed by atoms with Crippen molar-refractivity contribution >= 4 is 17.3 Å². The van der Waals surface area contributed by atoms with E-state index < -0.39 is 0 Å². The van der Waals surface area contributed by atoms with Crippen LogP contribution < -0.4 is 0 Å². The lowest BCUT2D eigenvalue weighted by Crippen LogP contribution is -2.23. The highest BCUT2D eigenvalue weighted by Crippen LogP contribution is 2.34. The second kappa shape index (κ2) is 5.30. The molecule has 0 radical (unpaired) electrons. The molecule has 4 heteroatoms. The zero-order chi connectivity index (χ0) is 16.9. The number of hydrogen-bond acceptors (Lipinski definition) is 3. The van der Waals surface area contributed by atoms with Gasteiger partial charge in [0.1, 0.15) is 5.69 Å². The van der Waals surface area contributed by atoms with Crippen LogP contribution in [0, 0.1) is 5.92 Å². The summed E-state index contributed by atoms with van der Waals surface area (Å²) < 4.78 is 1.74. The minimum Gasteiger partial charge on any atom is -0.344 e. The molecule has 118 valence electrons. The Labute approximate surface area is 135 Å². The van der Waals surface area contributed by atoms with Crippen LogP contribution in [0.3, 0.4) is 0 Å². The summed E-state index contributed by atoms with van der Waals surface area (Å²) in [6.45, 7) is 5.56. The van der Waals surface area contributed by atoms with E-state index in [1.807, 2.05) is 13.8 Å². The third kappa shape index (κ3) is 2.17. The molecule has 0 unspecified atom stereocenters. The average Bonchev–Trinajstić information content (AvgIpc) is 2.78. The van der Waals surface area contributed by atoms with Gasteiger partial charge in [-0.15, -0.1) is 0 Å². The summed E-state index contributed by atoms with van der Waals surface area (Å²) in [5.74, 6) is -0.269. The molecule has 1 aliphatic carbocycles. The minimum atomic E-state index is -0.231. The molecule has 1 aliphatic rings. The van der Waals surface area contributed by atoms with Gasteiger partial charge in [-0.1, -0.05) is 38.1 Å². The fourth-order valence-electron chi connectivity index (χ4n) is 3.37. The number of hydrogen-bond donors (Lipinski definition) is 0. The number of carbonyl (C=O) groups excluding carboxylic acids is 3. The predicted octanol–water partition coefficient (Wildman–Crippen LogP) is 3.20. The van der Waals surface area contributed by atoms with Crippen LogP contribution in [0.25, 0.3) is 0 Å². The molecule has 0 spiro atoms. The number of fused-ring (bicyclic) bond motifs is 2. The summed E-state index contributed by atoms with van der Waals surface area (Å²) >= 11 is 0. The summed E-state index contributed by atoms with van der Waals surface area (Å²) in [6.07, 6.45) is 0.648. The first-order valence-corrected chi connectivity index (χ1v) is 7.75. The number of aromatic nitrogens is 1. The maximum atomic E-state index is 12.9. The van der Waals surface area contributed by atoms with E-state index in [1.165, 1.54) is 6.92 Å². The standard InChI is InChI=1S/C19H19NO3/c1-10(2)9-14-15(11(3)21)16-17(20(14)4)19(23)13-8-6-5-7-12(13)18(16)22/h5-8,10H,9H2,1-4H3. The topological polar surface area (TPSA) is 56.1 Å². The molecule has 4 nitrogen and oxygen atoms in total. The van der Waals surface area contributed by atoms with Crippen LogP contribution in [-0.4, -0.2) is 21.9 Å². The lowest BCUT2D eigenvalue weighted by atomic mass is 9.85. The van der Waals surface area contributed by atoms with E-state index in [0.717, 1.165) is 5.69 Å². The normalized spacial score (nSPS) is 13.3. The summed E-state index contributed by atoms with van der Waals surface area (Å²) in [7, 11) is 1.77. The zero-order valence-corrected chi connectivity index (χ0v) is 13.8. The van der Waals surface area contributed by atoms with Gasteiger partial charge in [0, 0.05) is 23.9 Å². The van der Waals surface area contributed by atoms with E-state index in [0.29, 0.717) is 34.7 Å². The van der Waals surface area contributed by atoms with Gasteiger partial charge < -0.3 is 4.57 Å². The van der Waals surface area contributed by atoms with Crippen LogP contribution in [0.5, 0.6) is 0 Å². The molecule has 0 amide bonds. The molecule has 0 saturated carbocycles. The lowest BCUT2D eigenvalue weighted by Gasteiger charge is -2.16. The Morgan fingerprint density at radius 2 is 1.65 bits per heavy atom. The van der Waals surface area contributed by atoms with Crippen LogP contribution in [0.1, 0.15) is 68.8 Å². The Balaban J connectivity index is 2.35. The Bertz CT molecular complexity index is 856. The van der Waals surface area contributed by atoms with E-state index in [9.17, 15) is 14.4 Å². The first-order chi connectivity index (χ1) is 10.8. The van der Waals surface area contributed by atoms with Gasteiger partial charge in [0.15, 0.2) is 11.6 Å². The second-order valence-corrected chi connectivity index (χ2v) is 6.46. The third-order valence-corrected chi connectivity index (χ3v) is 4.33. The van der Waals surface area contributed by atoms with Crippen molar-refractivity contribution in [2.24, 2.45) is 13.0 Å². The van der Waals surface area contributed by atoms with Gasteiger partial charge >= 0.3 is 0 Å². The molecule has 0 atom stereocenters. The molecule has 1 aromatic heterocycles. The van der Waals surface area contributed by atoms with Gasteiger partial charge in [-0.25, -0.2) is 0 Å².